The van der Waals surface area contributed by atoms with Crippen LogP contribution in [0.5, 0.6) is 0 Å². The van der Waals surface area contributed by atoms with Crippen LogP contribution < -0.4 is 0 Å². The fourth-order valence-corrected chi connectivity index (χ4v) is 7.55. The first-order chi connectivity index (χ1) is 23.4. The van der Waals surface area contributed by atoms with Crippen LogP contribution in [0, 0.1) is 23.7 Å². The van der Waals surface area contributed by atoms with Gasteiger partial charge in [-0.2, -0.15) is 0 Å². The van der Waals surface area contributed by atoms with Gasteiger partial charge in [-0.1, -0.05) is 124 Å². The van der Waals surface area contributed by atoms with E-state index in [0.717, 1.165) is 35.8 Å². The highest BCUT2D eigenvalue weighted by molar-refractivity contribution is 5.90. The van der Waals surface area contributed by atoms with Gasteiger partial charge in [0, 0.05) is 0 Å². The van der Waals surface area contributed by atoms with Crippen LogP contribution in [0.25, 0.3) is 0 Å². The zero-order chi connectivity index (χ0) is 33.3. The van der Waals surface area contributed by atoms with Gasteiger partial charge in [-0.25, -0.2) is 9.59 Å². The molecule has 0 amide bonds. The SMILES string of the molecule is CC1CCC(Cc2ccc(C(=O)OC(c3ccccc3)C(OC(=O)c3ccc(CC4CCC(C)CC4)cc3)c3ccccc3)cc2)CC1. The van der Waals surface area contributed by atoms with Crippen LogP contribution in [0.1, 0.15) is 120 Å². The monoisotopic (exact) mass is 642 g/mol. The first-order valence-electron chi connectivity index (χ1n) is 18.1. The summed E-state index contributed by atoms with van der Waals surface area (Å²) in [5, 5.41) is 0. The molecular formula is C44H50O4. The molecule has 0 spiro atoms. The summed E-state index contributed by atoms with van der Waals surface area (Å²) in [6, 6.07) is 34.8. The lowest BCUT2D eigenvalue weighted by atomic mass is 9.80. The molecule has 0 saturated heterocycles. The number of esters is 2. The Morgan fingerprint density at radius 3 is 1.17 bits per heavy atom. The average molecular weight is 643 g/mol. The average Bonchev–Trinajstić information content (AvgIpc) is 3.13. The van der Waals surface area contributed by atoms with Gasteiger partial charge in [-0.05, 0) is 109 Å². The number of hydrogen-bond acceptors (Lipinski definition) is 4. The summed E-state index contributed by atoms with van der Waals surface area (Å²) in [5.41, 5.74) is 4.99. The van der Waals surface area contributed by atoms with Crippen molar-refractivity contribution >= 4 is 11.9 Å². The van der Waals surface area contributed by atoms with Crippen LogP contribution in [-0.4, -0.2) is 11.9 Å². The van der Waals surface area contributed by atoms with Crippen LogP contribution in [0.15, 0.2) is 109 Å². The quantitative estimate of drug-likeness (QED) is 0.153. The van der Waals surface area contributed by atoms with Gasteiger partial charge in [0.2, 0.25) is 0 Å². The van der Waals surface area contributed by atoms with Crippen LogP contribution in [0.2, 0.25) is 0 Å². The minimum atomic E-state index is -0.845. The normalized spacial score (nSPS) is 22.3. The number of carbonyl (C=O) groups is 2. The molecule has 0 aromatic heterocycles. The Morgan fingerprint density at radius 2 is 0.833 bits per heavy atom. The third kappa shape index (κ3) is 9.04. The van der Waals surface area contributed by atoms with Crippen LogP contribution in [0.4, 0.5) is 0 Å². The van der Waals surface area contributed by atoms with Crippen molar-refractivity contribution in [2.45, 2.75) is 90.3 Å². The van der Waals surface area contributed by atoms with Gasteiger partial charge >= 0.3 is 11.9 Å². The molecule has 2 aliphatic carbocycles. The fraction of sp³-hybridized carbons (Fsp3) is 0.409. The summed E-state index contributed by atoms with van der Waals surface area (Å²) in [6.45, 7) is 4.69. The maximum absolute atomic E-state index is 13.7. The lowest BCUT2D eigenvalue weighted by Gasteiger charge is -2.28. The molecule has 0 N–H and O–H groups in total. The maximum Gasteiger partial charge on any atom is 0.338 e. The van der Waals surface area contributed by atoms with Crippen molar-refractivity contribution in [3.63, 3.8) is 0 Å². The standard InChI is InChI=1S/C44H50O4/c1-31-13-17-33(18-14-31)29-35-21-25-39(26-22-35)43(45)47-41(37-9-5-3-6-10-37)42(38-11-7-4-8-12-38)48-44(46)40-27-23-36(24-28-40)30-34-19-15-32(2)16-20-34/h3-12,21-28,31-34,41-42H,13-20,29-30H2,1-2H3. The maximum atomic E-state index is 13.7. The summed E-state index contributed by atoms with van der Waals surface area (Å²) in [6.07, 6.45) is 10.7. The molecule has 6 rings (SSSR count). The Labute approximate surface area is 286 Å². The van der Waals surface area contributed by atoms with E-state index in [4.69, 9.17) is 9.47 Å². The second-order valence-corrected chi connectivity index (χ2v) is 14.5. The zero-order valence-electron chi connectivity index (χ0n) is 28.6. The number of benzene rings is 4. The molecule has 48 heavy (non-hydrogen) atoms. The third-order valence-corrected chi connectivity index (χ3v) is 10.7. The van der Waals surface area contributed by atoms with Crippen LogP contribution >= 0.6 is 0 Å². The molecule has 4 nitrogen and oxygen atoms in total. The first kappa shape index (κ1) is 33.7. The summed E-state index contributed by atoms with van der Waals surface area (Å²) in [5.74, 6) is 2.19. The number of carbonyl (C=O) groups excluding carboxylic acids is 2. The molecule has 0 radical (unpaired) electrons. The molecule has 4 heteroatoms. The van der Waals surface area contributed by atoms with Crippen LogP contribution in [0.3, 0.4) is 0 Å². The second kappa shape index (κ2) is 16.3. The Bertz CT molecular complexity index is 1460. The van der Waals surface area contributed by atoms with Crippen molar-refractivity contribution in [3.05, 3.63) is 143 Å². The summed E-state index contributed by atoms with van der Waals surface area (Å²) < 4.78 is 12.5. The van der Waals surface area contributed by atoms with E-state index >= 15 is 0 Å². The predicted molar refractivity (Wildman–Crippen MR) is 192 cm³/mol. The van der Waals surface area contributed by atoms with E-state index in [-0.39, 0.29) is 0 Å². The van der Waals surface area contributed by atoms with Gasteiger partial charge in [0.15, 0.2) is 12.2 Å². The van der Waals surface area contributed by atoms with E-state index in [9.17, 15) is 9.59 Å². The van der Waals surface area contributed by atoms with Gasteiger partial charge in [0.25, 0.3) is 0 Å². The molecule has 2 unspecified atom stereocenters. The smallest absolute Gasteiger partial charge is 0.338 e. The number of rotatable bonds is 11. The van der Waals surface area contributed by atoms with Crippen molar-refractivity contribution in [1.82, 2.24) is 0 Å². The topological polar surface area (TPSA) is 52.6 Å². The molecule has 4 aromatic rings. The van der Waals surface area contributed by atoms with Crippen LogP contribution in [-0.2, 0) is 22.3 Å². The van der Waals surface area contributed by atoms with Crippen molar-refractivity contribution in [2.24, 2.45) is 23.7 Å². The molecule has 4 aromatic carbocycles. The van der Waals surface area contributed by atoms with E-state index in [1.807, 2.05) is 84.9 Å². The van der Waals surface area contributed by atoms with Gasteiger partial charge < -0.3 is 9.47 Å². The second-order valence-electron chi connectivity index (χ2n) is 14.5. The first-order valence-corrected chi connectivity index (χ1v) is 18.1. The van der Waals surface area contributed by atoms with E-state index < -0.39 is 24.1 Å². The Morgan fingerprint density at radius 1 is 0.500 bits per heavy atom. The van der Waals surface area contributed by atoms with E-state index in [1.54, 1.807) is 0 Å². The highest BCUT2D eigenvalue weighted by Crippen LogP contribution is 2.37. The van der Waals surface area contributed by atoms with Gasteiger partial charge in [0.1, 0.15) is 0 Å². The largest absolute Gasteiger partial charge is 0.450 e. The van der Waals surface area contributed by atoms with Crippen molar-refractivity contribution in [1.29, 1.82) is 0 Å². The molecule has 2 aliphatic rings. The summed E-state index contributed by atoms with van der Waals surface area (Å²) in [4.78, 5) is 27.4. The lowest BCUT2D eigenvalue weighted by molar-refractivity contribution is -0.0388. The van der Waals surface area contributed by atoms with Crippen molar-refractivity contribution in [3.8, 4) is 0 Å². The Hall–Kier alpha value is -4.18. The minimum absolute atomic E-state index is 0.444. The molecule has 0 bridgehead atoms. The summed E-state index contributed by atoms with van der Waals surface area (Å²) >= 11 is 0. The molecule has 2 atom stereocenters. The van der Waals surface area contributed by atoms with Crippen molar-refractivity contribution < 1.29 is 19.1 Å². The van der Waals surface area contributed by atoms with Gasteiger partial charge in [-0.15, -0.1) is 0 Å². The predicted octanol–water partition coefficient (Wildman–Crippen LogP) is 10.9. The molecule has 0 aliphatic heterocycles. The molecular weight excluding hydrogens is 592 g/mol. The fourth-order valence-electron chi connectivity index (χ4n) is 7.55. The Balaban J connectivity index is 1.19. The highest BCUT2D eigenvalue weighted by Gasteiger charge is 2.33. The zero-order valence-corrected chi connectivity index (χ0v) is 28.6. The van der Waals surface area contributed by atoms with Gasteiger partial charge in [0.05, 0.1) is 11.1 Å². The molecule has 2 fully saturated rings. The van der Waals surface area contributed by atoms with E-state index in [0.29, 0.717) is 23.0 Å². The molecule has 0 heterocycles. The number of hydrogen-bond donors (Lipinski definition) is 0. The number of ether oxygens (including phenoxy) is 2. The van der Waals surface area contributed by atoms with Gasteiger partial charge in [-0.3, -0.25) is 0 Å². The third-order valence-electron chi connectivity index (χ3n) is 10.7. The Kier molecular flexibility index (Phi) is 11.4. The van der Waals surface area contributed by atoms with E-state index in [2.05, 4.69) is 38.1 Å². The molecule has 2 saturated carbocycles. The highest BCUT2D eigenvalue weighted by atomic mass is 16.6. The summed E-state index contributed by atoms with van der Waals surface area (Å²) in [7, 11) is 0. The van der Waals surface area contributed by atoms with Crippen molar-refractivity contribution in [2.75, 3.05) is 0 Å². The molecule has 250 valence electrons. The minimum Gasteiger partial charge on any atom is -0.450 e. The lowest BCUT2D eigenvalue weighted by Crippen LogP contribution is -2.23. The van der Waals surface area contributed by atoms with E-state index in [1.165, 1.54) is 62.5 Å².